The summed E-state index contributed by atoms with van der Waals surface area (Å²) < 4.78 is 0. The molecule has 0 bridgehead atoms. The minimum atomic E-state index is -0.244. The van der Waals surface area contributed by atoms with Crippen LogP contribution in [0.1, 0.15) is 30.5 Å². The zero-order valence-corrected chi connectivity index (χ0v) is 14.7. The molecule has 5 heteroatoms. The second-order valence-electron chi connectivity index (χ2n) is 7.28. The first-order valence-electron chi connectivity index (χ1n) is 9.03. The molecule has 0 aliphatic carbocycles. The molecule has 1 atom stereocenters. The van der Waals surface area contributed by atoms with E-state index in [1.165, 1.54) is 0 Å². The largest absolute Gasteiger partial charge is 0.356 e. The van der Waals surface area contributed by atoms with Crippen molar-refractivity contribution in [2.45, 2.75) is 32.7 Å². The zero-order chi connectivity index (χ0) is 17.3. The molecule has 4 rings (SSSR count). The number of amides is 1. The molecule has 0 N–H and O–H groups in total. The molecule has 1 amide bonds. The van der Waals surface area contributed by atoms with E-state index in [0.717, 1.165) is 56.0 Å². The van der Waals surface area contributed by atoms with E-state index in [1.807, 2.05) is 42.3 Å². The molecule has 2 aliphatic heterocycles. The van der Waals surface area contributed by atoms with Crippen LogP contribution in [0, 0.1) is 12.3 Å². The Kier molecular flexibility index (Phi) is 4.15. The molecule has 1 spiro atoms. The number of hydrogen-bond donors (Lipinski definition) is 0. The maximum atomic E-state index is 13.2. The van der Waals surface area contributed by atoms with E-state index in [1.54, 1.807) is 6.20 Å². The van der Waals surface area contributed by atoms with Gasteiger partial charge in [-0.25, -0.2) is 4.98 Å². The number of pyridine rings is 2. The summed E-state index contributed by atoms with van der Waals surface area (Å²) in [6.45, 7) is 5.28. The Morgan fingerprint density at radius 2 is 2.08 bits per heavy atom. The van der Waals surface area contributed by atoms with E-state index >= 15 is 0 Å². The summed E-state index contributed by atoms with van der Waals surface area (Å²) in [6.07, 6.45) is 6.58. The van der Waals surface area contributed by atoms with Gasteiger partial charge in [-0.15, -0.1) is 0 Å². The number of hydrogen-bond acceptors (Lipinski definition) is 4. The summed E-state index contributed by atoms with van der Waals surface area (Å²) in [6, 6.07) is 10.1. The predicted octanol–water partition coefficient (Wildman–Crippen LogP) is 2.80. The van der Waals surface area contributed by atoms with Crippen molar-refractivity contribution in [3.8, 4) is 0 Å². The molecular weight excluding hydrogens is 312 g/mol. The topological polar surface area (TPSA) is 49.3 Å². The number of carbonyl (C=O) groups is 1. The van der Waals surface area contributed by atoms with Gasteiger partial charge in [0.2, 0.25) is 5.91 Å². The highest BCUT2D eigenvalue weighted by Crippen LogP contribution is 2.41. The van der Waals surface area contributed by atoms with Crippen molar-refractivity contribution >= 4 is 11.7 Å². The fraction of sp³-hybridized carbons (Fsp3) is 0.450. The summed E-state index contributed by atoms with van der Waals surface area (Å²) in [5.41, 5.74) is 1.88. The Morgan fingerprint density at radius 1 is 1.16 bits per heavy atom. The van der Waals surface area contributed by atoms with Crippen LogP contribution >= 0.6 is 0 Å². The molecule has 2 fully saturated rings. The van der Waals surface area contributed by atoms with Crippen molar-refractivity contribution in [1.82, 2.24) is 14.9 Å². The number of piperidine rings is 1. The normalized spacial score (nSPS) is 23.5. The Balaban J connectivity index is 1.51. The molecule has 4 heterocycles. The lowest BCUT2D eigenvalue weighted by Gasteiger charge is -2.39. The van der Waals surface area contributed by atoms with Gasteiger partial charge in [0.15, 0.2) is 0 Å². The predicted molar refractivity (Wildman–Crippen MR) is 97.1 cm³/mol. The number of aryl methyl sites for hydroxylation is 1. The Hall–Kier alpha value is -2.43. The average Bonchev–Trinajstić information content (AvgIpc) is 2.92. The monoisotopic (exact) mass is 336 g/mol. The molecule has 0 unspecified atom stereocenters. The fourth-order valence-corrected chi connectivity index (χ4v) is 4.17. The fourth-order valence-electron chi connectivity index (χ4n) is 4.17. The Morgan fingerprint density at radius 3 is 2.88 bits per heavy atom. The van der Waals surface area contributed by atoms with E-state index in [-0.39, 0.29) is 5.41 Å². The van der Waals surface area contributed by atoms with Gasteiger partial charge in [-0.2, -0.15) is 0 Å². The molecule has 2 aromatic heterocycles. The van der Waals surface area contributed by atoms with Crippen molar-refractivity contribution < 1.29 is 4.79 Å². The molecule has 25 heavy (non-hydrogen) atoms. The van der Waals surface area contributed by atoms with E-state index in [2.05, 4.69) is 20.9 Å². The lowest BCUT2D eigenvalue weighted by atomic mass is 9.78. The van der Waals surface area contributed by atoms with Gasteiger partial charge < -0.3 is 9.80 Å². The van der Waals surface area contributed by atoms with Crippen molar-refractivity contribution in [3.05, 3.63) is 54.0 Å². The standard InChI is InChI=1S/C20H24N4O/c1-16-5-2-7-18(22-16)24-11-4-8-20(15-24)9-12-23(19(20)25)14-17-6-3-10-21-13-17/h2-3,5-7,10,13H,4,8-9,11-12,14-15H2,1H3/t20-/m1/s1. The van der Waals surface area contributed by atoms with Gasteiger partial charge in [-0.05, 0) is 49.9 Å². The van der Waals surface area contributed by atoms with Crippen molar-refractivity contribution in [2.24, 2.45) is 5.41 Å². The Labute approximate surface area is 148 Å². The minimum Gasteiger partial charge on any atom is -0.356 e. The summed E-state index contributed by atoms with van der Waals surface area (Å²) in [4.78, 5) is 26.3. The lowest BCUT2D eigenvalue weighted by molar-refractivity contribution is -0.137. The first kappa shape index (κ1) is 16.1. The van der Waals surface area contributed by atoms with Gasteiger partial charge in [0.25, 0.3) is 0 Å². The lowest BCUT2D eigenvalue weighted by Crippen LogP contribution is -2.48. The summed E-state index contributed by atoms with van der Waals surface area (Å²) in [5, 5.41) is 0. The minimum absolute atomic E-state index is 0.244. The van der Waals surface area contributed by atoms with Crippen LogP contribution in [0.15, 0.2) is 42.7 Å². The molecule has 0 aromatic carbocycles. The highest BCUT2D eigenvalue weighted by molar-refractivity contribution is 5.85. The maximum absolute atomic E-state index is 13.2. The van der Waals surface area contributed by atoms with Gasteiger partial charge in [0.05, 0.1) is 5.41 Å². The van der Waals surface area contributed by atoms with Gasteiger partial charge in [0.1, 0.15) is 5.82 Å². The van der Waals surface area contributed by atoms with Crippen molar-refractivity contribution in [3.63, 3.8) is 0 Å². The quantitative estimate of drug-likeness (QED) is 0.865. The van der Waals surface area contributed by atoms with Crippen LogP contribution in [0.2, 0.25) is 0 Å². The number of rotatable bonds is 3. The highest BCUT2D eigenvalue weighted by atomic mass is 16.2. The Bertz CT molecular complexity index is 763. The number of aromatic nitrogens is 2. The van der Waals surface area contributed by atoms with Crippen LogP contribution in [-0.4, -0.2) is 40.4 Å². The van der Waals surface area contributed by atoms with Crippen LogP contribution in [0.3, 0.4) is 0 Å². The average molecular weight is 336 g/mol. The molecule has 2 aliphatic rings. The first-order chi connectivity index (χ1) is 12.2. The van der Waals surface area contributed by atoms with Crippen LogP contribution < -0.4 is 4.90 Å². The van der Waals surface area contributed by atoms with E-state index in [0.29, 0.717) is 12.5 Å². The van der Waals surface area contributed by atoms with E-state index in [9.17, 15) is 4.79 Å². The van der Waals surface area contributed by atoms with Gasteiger partial charge >= 0.3 is 0 Å². The third-order valence-corrected chi connectivity index (χ3v) is 5.47. The molecule has 0 radical (unpaired) electrons. The van der Waals surface area contributed by atoms with Crippen LogP contribution in [-0.2, 0) is 11.3 Å². The van der Waals surface area contributed by atoms with E-state index < -0.39 is 0 Å². The summed E-state index contributed by atoms with van der Waals surface area (Å²) in [5.74, 6) is 1.30. The second-order valence-corrected chi connectivity index (χ2v) is 7.28. The van der Waals surface area contributed by atoms with Gasteiger partial charge in [-0.3, -0.25) is 9.78 Å². The third kappa shape index (κ3) is 3.11. The second kappa shape index (κ2) is 6.47. The van der Waals surface area contributed by atoms with Crippen LogP contribution in [0.4, 0.5) is 5.82 Å². The third-order valence-electron chi connectivity index (χ3n) is 5.47. The molecule has 5 nitrogen and oxygen atoms in total. The number of likely N-dealkylation sites (tertiary alicyclic amines) is 1. The number of nitrogens with zero attached hydrogens (tertiary/aromatic N) is 4. The summed E-state index contributed by atoms with van der Waals surface area (Å²) in [7, 11) is 0. The smallest absolute Gasteiger partial charge is 0.230 e. The van der Waals surface area contributed by atoms with E-state index in [4.69, 9.17) is 0 Å². The number of anilines is 1. The molecule has 2 saturated heterocycles. The SMILES string of the molecule is Cc1cccc(N2CCC[C@@]3(CCN(Cc4cccnc4)C3=O)C2)n1. The molecule has 2 aromatic rings. The van der Waals surface area contributed by atoms with Crippen molar-refractivity contribution in [2.75, 3.05) is 24.5 Å². The summed E-state index contributed by atoms with van der Waals surface area (Å²) >= 11 is 0. The maximum Gasteiger partial charge on any atom is 0.230 e. The van der Waals surface area contributed by atoms with Crippen molar-refractivity contribution in [1.29, 1.82) is 0 Å². The first-order valence-corrected chi connectivity index (χ1v) is 9.03. The van der Waals surface area contributed by atoms with Gasteiger partial charge in [0, 0.05) is 44.3 Å². The molecule has 0 saturated carbocycles. The zero-order valence-electron chi connectivity index (χ0n) is 14.7. The highest BCUT2D eigenvalue weighted by Gasteiger charge is 2.48. The van der Waals surface area contributed by atoms with Crippen LogP contribution in [0.5, 0.6) is 0 Å². The number of carbonyl (C=O) groups excluding carboxylic acids is 1. The molecular formula is C20H24N4O. The van der Waals surface area contributed by atoms with Gasteiger partial charge in [-0.1, -0.05) is 12.1 Å². The van der Waals surface area contributed by atoms with Crippen LogP contribution in [0.25, 0.3) is 0 Å². The molecule has 130 valence electrons.